The number of rotatable bonds is 3. The van der Waals surface area contributed by atoms with Crippen LogP contribution in [0.25, 0.3) is 0 Å². The zero-order valence-electron chi connectivity index (χ0n) is 7.37. The number of Topliss-reactive ketones (excluding diaryl/α,β-unsaturated/α-hetero) is 1. The van der Waals surface area contributed by atoms with Gasteiger partial charge in [0.2, 0.25) is 0 Å². The number of nitrogens with one attached hydrogen (secondary N) is 1. The normalized spacial score (nSPS) is 20.4. The number of hydrogen-bond acceptors (Lipinski definition) is 3. The molecule has 1 aliphatic carbocycles. The van der Waals surface area contributed by atoms with Crippen molar-refractivity contribution in [3.8, 4) is 0 Å². The Hall–Kier alpha value is -0.560. The molecule has 0 bridgehead atoms. The summed E-state index contributed by atoms with van der Waals surface area (Å²) in [4.78, 5) is 10.8. The van der Waals surface area contributed by atoms with Gasteiger partial charge < -0.3 is 0 Å². The first-order valence-corrected chi connectivity index (χ1v) is 5.77. The predicted octanol–water partition coefficient (Wildman–Crippen LogP) is 0.640. The van der Waals surface area contributed by atoms with Crippen molar-refractivity contribution in [2.45, 2.75) is 37.5 Å². The van der Waals surface area contributed by atoms with E-state index in [1.54, 1.807) is 0 Å². The summed E-state index contributed by atoms with van der Waals surface area (Å²) in [5.41, 5.74) is 0. The van der Waals surface area contributed by atoms with Crippen LogP contribution in [-0.2, 0) is 14.8 Å². The minimum Gasteiger partial charge on any atom is -0.300 e. The van der Waals surface area contributed by atoms with Gasteiger partial charge in [0.15, 0.2) is 0 Å². The minimum absolute atomic E-state index is 0.0532. The molecule has 4 nitrogen and oxygen atoms in total. The topological polar surface area (TPSA) is 63.2 Å². The largest absolute Gasteiger partial charge is 0.350 e. The first kappa shape index (κ1) is 11.5. The van der Waals surface area contributed by atoms with Gasteiger partial charge in [0.05, 0.1) is 0 Å². The van der Waals surface area contributed by atoms with Crippen LogP contribution in [0.15, 0.2) is 0 Å². The van der Waals surface area contributed by atoms with Crippen LogP contribution in [0.3, 0.4) is 0 Å². The van der Waals surface area contributed by atoms with Crippen molar-refractivity contribution in [3.63, 3.8) is 0 Å². The molecular weight excluding hydrogens is 216 g/mol. The number of ketones is 1. The van der Waals surface area contributed by atoms with Crippen LogP contribution in [0.4, 0.5) is 8.78 Å². The third-order valence-electron chi connectivity index (χ3n) is 2.11. The summed E-state index contributed by atoms with van der Waals surface area (Å²) >= 11 is 0. The lowest BCUT2D eigenvalue weighted by Gasteiger charge is -2.21. The zero-order valence-corrected chi connectivity index (χ0v) is 8.19. The maximum Gasteiger partial charge on any atom is 0.350 e. The molecule has 0 aromatic heterocycles. The van der Waals surface area contributed by atoms with Crippen molar-refractivity contribution in [2.24, 2.45) is 0 Å². The lowest BCUT2D eigenvalue weighted by molar-refractivity contribution is -0.120. The molecule has 0 heterocycles. The predicted molar refractivity (Wildman–Crippen MR) is 45.3 cm³/mol. The van der Waals surface area contributed by atoms with Gasteiger partial charge in [0, 0.05) is 18.9 Å². The van der Waals surface area contributed by atoms with Crippen molar-refractivity contribution in [3.05, 3.63) is 0 Å². The Balaban J connectivity index is 2.50. The van der Waals surface area contributed by atoms with E-state index >= 15 is 0 Å². The second-order valence-electron chi connectivity index (χ2n) is 3.24. The monoisotopic (exact) mass is 227 g/mol. The molecule has 1 aliphatic rings. The standard InChI is InChI=1S/C7H11F2NO3S/c8-7(9)14(12,13)10-5-1-3-6(11)4-2-5/h5,7,10H,1-4H2. The smallest absolute Gasteiger partial charge is 0.300 e. The quantitative estimate of drug-likeness (QED) is 0.769. The van der Waals surface area contributed by atoms with Gasteiger partial charge in [-0.05, 0) is 12.8 Å². The van der Waals surface area contributed by atoms with Gasteiger partial charge in [0.25, 0.3) is 10.0 Å². The van der Waals surface area contributed by atoms with Crippen LogP contribution in [0.5, 0.6) is 0 Å². The molecule has 0 unspecified atom stereocenters. The molecular formula is C7H11F2NO3S. The summed E-state index contributed by atoms with van der Waals surface area (Å²) in [7, 11) is -4.51. The van der Waals surface area contributed by atoms with E-state index in [2.05, 4.69) is 0 Å². The van der Waals surface area contributed by atoms with Crippen LogP contribution in [0, 0.1) is 0 Å². The molecule has 7 heteroatoms. The fourth-order valence-electron chi connectivity index (χ4n) is 1.34. The van der Waals surface area contributed by atoms with Crippen molar-refractivity contribution in [1.29, 1.82) is 0 Å². The third-order valence-corrected chi connectivity index (χ3v) is 3.24. The molecule has 14 heavy (non-hydrogen) atoms. The lowest BCUT2D eigenvalue weighted by atomic mass is 9.95. The highest BCUT2D eigenvalue weighted by Gasteiger charge is 2.29. The molecule has 0 saturated heterocycles. The first-order valence-electron chi connectivity index (χ1n) is 4.23. The number of carbonyl (C=O) groups is 1. The SMILES string of the molecule is O=C1CCC(NS(=O)(=O)C(F)F)CC1. The van der Waals surface area contributed by atoms with E-state index < -0.39 is 21.8 Å². The molecule has 0 aromatic rings. The Bertz CT molecular complexity index is 305. The Labute approximate surface area is 80.7 Å². The van der Waals surface area contributed by atoms with Gasteiger partial charge in [-0.3, -0.25) is 4.79 Å². The Morgan fingerprint density at radius 3 is 2.21 bits per heavy atom. The molecule has 0 aliphatic heterocycles. The zero-order chi connectivity index (χ0) is 10.8. The minimum atomic E-state index is -4.51. The summed E-state index contributed by atoms with van der Waals surface area (Å²) in [6.45, 7) is 0. The van der Waals surface area contributed by atoms with E-state index in [0.29, 0.717) is 12.8 Å². The fraction of sp³-hybridized carbons (Fsp3) is 0.857. The highest BCUT2D eigenvalue weighted by Crippen LogP contribution is 2.16. The molecule has 1 N–H and O–H groups in total. The van der Waals surface area contributed by atoms with Crippen LogP contribution in [-0.4, -0.2) is 26.0 Å². The Morgan fingerprint density at radius 1 is 1.29 bits per heavy atom. The second-order valence-corrected chi connectivity index (χ2v) is 4.92. The molecule has 0 atom stereocenters. The van der Waals surface area contributed by atoms with Gasteiger partial charge >= 0.3 is 5.76 Å². The highest BCUT2D eigenvalue weighted by molar-refractivity contribution is 7.89. The number of carbonyl (C=O) groups excluding carboxylic acids is 1. The van der Waals surface area contributed by atoms with Crippen LogP contribution >= 0.6 is 0 Å². The average molecular weight is 227 g/mol. The number of alkyl halides is 2. The highest BCUT2D eigenvalue weighted by atomic mass is 32.2. The molecule has 82 valence electrons. The van der Waals surface area contributed by atoms with Gasteiger partial charge in [-0.15, -0.1) is 0 Å². The second kappa shape index (κ2) is 4.31. The Kier molecular flexibility index (Phi) is 3.54. The van der Waals surface area contributed by atoms with Crippen molar-refractivity contribution >= 4 is 15.8 Å². The van der Waals surface area contributed by atoms with E-state index in [-0.39, 0.29) is 18.6 Å². The number of hydrogen-bond donors (Lipinski definition) is 1. The molecule has 1 fully saturated rings. The summed E-state index contributed by atoms with van der Waals surface area (Å²) in [6, 6.07) is -0.522. The molecule has 0 aromatic carbocycles. The van der Waals surface area contributed by atoms with Gasteiger partial charge in [0.1, 0.15) is 5.78 Å². The average Bonchev–Trinajstić information content (AvgIpc) is 2.08. The molecule has 0 spiro atoms. The summed E-state index contributed by atoms with van der Waals surface area (Å²) in [6.07, 6.45) is 1.14. The summed E-state index contributed by atoms with van der Waals surface area (Å²) < 4.78 is 47.2. The van der Waals surface area contributed by atoms with Gasteiger partial charge in [-0.25, -0.2) is 13.1 Å². The molecule has 1 saturated carbocycles. The molecule has 1 rings (SSSR count). The molecule has 0 amide bonds. The maximum atomic E-state index is 11.9. The third kappa shape index (κ3) is 2.98. The summed E-state index contributed by atoms with van der Waals surface area (Å²) in [5.74, 6) is -3.35. The maximum absolute atomic E-state index is 11.9. The van der Waals surface area contributed by atoms with Crippen molar-refractivity contribution in [1.82, 2.24) is 4.72 Å². The van der Waals surface area contributed by atoms with Crippen molar-refractivity contribution < 1.29 is 22.0 Å². The fourth-order valence-corrected chi connectivity index (χ4v) is 2.14. The van der Waals surface area contributed by atoms with E-state index in [1.165, 1.54) is 0 Å². The molecule has 0 radical (unpaired) electrons. The van der Waals surface area contributed by atoms with Gasteiger partial charge in [-0.1, -0.05) is 0 Å². The van der Waals surface area contributed by atoms with E-state index in [0.717, 1.165) is 0 Å². The van der Waals surface area contributed by atoms with Gasteiger partial charge in [-0.2, -0.15) is 8.78 Å². The van der Waals surface area contributed by atoms with E-state index in [9.17, 15) is 22.0 Å². The number of halogens is 2. The van der Waals surface area contributed by atoms with E-state index in [1.807, 2.05) is 4.72 Å². The first-order chi connectivity index (χ1) is 6.42. The van der Waals surface area contributed by atoms with Crippen LogP contribution < -0.4 is 4.72 Å². The lowest BCUT2D eigenvalue weighted by Crippen LogP contribution is -2.40. The Morgan fingerprint density at radius 2 is 1.79 bits per heavy atom. The van der Waals surface area contributed by atoms with Crippen LogP contribution in [0.1, 0.15) is 25.7 Å². The number of sulfonamides is 1. The van der Waals surface area contributed by atoms with E-state index in [4.69, 9.17) is 0 Å². The van der Waals surface area contributed by atoms with Crippen LogP contribution in [0.2, 0.25) is 0 Å². The van der Waals surface area contributed by atoms with Crippen molar-refractivity contribution in [2.75, 3.05) is 0 Å². The summed E-state index contributed by atoms with van der Waals surface area (Å²) in [5, 5.41) is 0.